The van der Waals surface area contributed by atoms with Gasteiger partial charge in [-0.3, -0.25) is 0 Å². The summed E-state index contributed by atoms with van der Waals surface area (Å²) in [5, 5.41) is 22.0. The third-order valence-corrected chi connectivity index (χ3v) is 2.58. The first-order chi connectivity index (χ1) is 8.13. The van der Waals surface area contributed by atoms with E-state index in [0.29, 0.717) is 12.3 Å². The standard InChI is InChI=1S/C13H21NO3/c1-10(15)4-3-7-14-9-11-5-6-12(17-2)8-13(11)16/h5-6,8,10,14-16H,3-4,7,9H2,1-2H3. The highest BCUT2D eigenvalue weighted by molar-refractivity contribution is 5.39. The third-order valence-electron chi connectivity index (χ3n) is 2.58. The van der Waals surface area contributed by atoms with Gasteiger partial charge >= 0.3 is 0 Å². The van der Waals surface area contributed by atoms with Crippen LogP contribution in [-0.2, 0) is 6.54 Å². The summed E-state index contributed by atoms with van der Waals surface area (Å²) in [7, 11) is 1.57. The van der Waals surface area contributed by atoms with Crippen LogP contribution in [0.15, 0.2) is 18.2 Å². The number of benzene rings is 1. The summed E-state index contributed by atoms with van der Waals surface area (Å²) < 4.78 is 5.01. The van der Waals surface area contributed by atoms with Gasteiger partial charge in [0.15, 0.2) is 0 Å². The van der Waals surface area contributed by atoms with Crippen molar-refractivity contribution in [3.8, 4) is 11.5 Å². The Morgan fingerprint density at radius 1 is 1.41 bits per heavy atom. The van der Waals surface area contributed by atoms with Crippen LogP contribution in [0, 0.1) is 0 Å². The molecule has 1 aromatic carbocycles. The molecule has 0 radical (unpaired) electrons. The van der Waals surface area contributed by atoms with E-state index in [-0.39, 0.29) is 11.9 Å². The van der Waals surface area contributed by atoms with Crippen LogP contribution in [0.1, 0.15) is 25.3 Å². The number of phenolic OH excluding ortho intramolecular Hbond substituents is 1. The highest BCUT2D eigenvalue weighted by atomic mass is 16.5. The summed E-state index contributed by atoms with van der Waals surface area (Å²) in [5.74, 6) is 0.896. The van der Waals surface area contributed by atoms with E-state index in [2.05, 4.69) is 5.32 Å². The Kier molecular flexibility index (Phi) is 5.80. The normalized spacial score (nSPS) is 12.4. The first kappa shape index (κ1) is 13.8. The molecule has 0 spiro atoms. The molecular formula is C13H21NO3. The minimum absolute atomic E-state index is 0.243. The lowest BCUT2D eigenvalue weighted by Gasteiger charge is -2.09. The molecule has 0 aromatic heterocycles. The van der Waals surface area contributed by atoms with Crippen LogP contribution in [0.2, 0.25) is 0 Å². The first-order valence-electron chi connectivity index (χ1n) is 5.88. The van der Waals surface area contributed by atoms with Crippen molar-refractivity contribution in [3.05, 3.63) is 23.8 Å². The van der Waals surface area contributed by atoms with Gasteiger partial charge in [-0.25, -0.2) is 0 Å². The fourth-order valence-corrected chi connectivity index (χ4v) is 1.57. The topological polar surface area (TPSA) is 61.7 Å². The molecule has 1 unspecified atom stereocenters. The second kappa shape index (κ2) is 7.14. The summed E-state index contributed by atoms with van der Waals surface area (Å²) in [6, 6.07) is 5.27. The summed E-state index contributed by atoms with van der Waals surface area (Å²) >= 11 is 0. The van der Waals surface area contributed by atoms with E-state index in [1.807, 2.05) is 12.1 Å². The van der Waals surface area contributed by atoms with Crippen LogP contribution < -0.4 is 10.1 Å². The maximum atomic E-state index is 9.71. The number of phenols is 1. The Morgan fingerprint density at radius 2 is 2.18 bits per heavy atom. The molecule has 4 heteroatoms. The molecule has 0 heterocycles. The van der Waals surface area contributed by atoms with Crippen LogP contribution in [0.5, 0.6) is 11.5 Å². The molecule has 3 N–H and O–H groups in total. The Balaban J connectivity index is 2.32. The molecule has 4 nitrogen and oxygen atoms in total. The van der Waals surface area contributed by atoms with Gasteiger partial charge in [0.1, 0.15) is 11.5 Å². The Bertz CT molecular complexity index is 339. The summed E-state index contributed by atoms with van der Waals surface area (Å²) in [5.41, 5.74) is 0.850. The lowest BCUT2D eigenvalue weighted by Crippen LogP contribution is -2.16. The summed E-state index contributed by atoms with van der Waals surface area (Å²) in [6.07, 6.45) is 1.47. The van der Waals surface area contributed by atoms with Gasteiger partial charge in [0, 0.05) is 18.2 Å². The van der Waals surface area contributed by atoms with E-state index in [0.717, 1.165) is 24.9 Å². The lowest BCUT2D eigenvalue weighted by atomic mass is 10.2. The van der Waals surface area contributed by atoms with Crippen LogP contribution >= 0.6 is 0 Å². The monoisotopic (exact) mass is 239 g/mol. The zero-order valence-electron chi connectivity index (χ0n) is 10.4. The molecule has 0 fully saturated rings. The molecule has 0 saturated heterocycles. The highest BCUT2D eigenvalue weighted by Gasteiger charge is 2.02. The van der Waals surface area contributed by atoms with Crippen molar-refractivity contribution < 1.29 is 14.9 Å². The second-order valence-corrected chi connectivity index (χ2v) is 4.16. The van der Waals surface area contributed by atoms with Crippen molar-refractivity contribution in [1.29, 1.82) is 0 Å². The number of nitrogens with one attached hydrogen (secondary N) is 1. The molecular weight excluding hydrogens is 218 g/mol. The minimum atomic E-state index is -0.244. The number of rotatable bonds is 7. The maximum absolute atomic E-state index is 9.71. The zero-order valence-corrected chi connectivity index (χ0v) is 10.4. The fraction of sp³-hybridized carbons (Fsp3) is 0.538. The van der Waals surface area contributed by atoms with Gasteiger partial charge in [0.05, 0.1) is 13.2 Å². The summed E-state index contributed by atoms with van der Waals surface area (Å²) in [6.45, 7) is 3.24. The van der Waals surface area contributed by atoms with E-state index >= 15 is 0 Å². The van der Waals surface area contributed by atoms with E-state index < -0.39 is 0 Å². The van der Waals surface area contributed by atoms with Gasteiger partial charge in [-0.05, 0) is 32.4 Å². The Labute approximate surface area is 102 Å². The Morgan fingerprint density at radius 3 is 2.76 bits per heavy atom. The molecule has 1 rings (SSSR count). The van der Waals surface area contributed by atoms with E-state index in [1.165, 1.54) is 0 Å². The SMILES string of the molecule is COc1ccc(CNCCCC(C)O)c(O)c1. The Hall–Kier alpha value is -1.26. The lowest BCUT2D eigenvalue weighted by molar-refractivity contribution is 0.181. The second-order valence-electron chi connectivity index (χ2n) is 4.16. The van der Waals surface area contributed by atoms with Crippen molar-refractivity contribution in [2.24, 2.45) is 0 Å². The van der Waals surface area contributed by atoms with Gasteiger partial charge in [0.25, 0.3) is 0 Å². The molecule has 96 valence electrons. The van der Waals surface area contributed by atoms with Gasteiger partial charge in [0.2, 0.25) is 0 Å². The minimum Gasteiger partial charge on any atom is -0.507 e. The number of aromatic hydroxyl groups is 1. The average molecular weight is 239 g/mol. The quantitative estimate of drug-likeness (QED) is 0.633. The third kappa shape index (κ3) is 5.06. The van der Waals surface area contributed by atoms with Crippen molar-refractivity contribution >= 4 is 0 Å². The predicted octanol–water partition coefficient (Wildman–Crippen LogP) is 1.65. The van der Waals surface area contributed by atoms with Crippen molar-refractivity contribution in [2.75, 3.05) is 13.7 Å². The van der Waals surface area contributed by atoms with Gasteiger partial charge < -0.3 is 20.3 Å². The van der Waals surface area contributed by atoms with Crippen LogP contribution in [0.3, 0.4) is 0 Å². The van der Waals surface area contributed by atoms with Gasteiger partial charge in [-0.15, -0.1) is 0 Å². The van der Waals surface area contributed by atoms with Crippen LogP contribution in [-0.4, -0.2) is 30.0 Å². The number of aliphatic hydroxyl groups excluding tert-OH is 1. The average Bonchev–Trinajstić information content (AvgIpc) is 2.30. The molecule has 1 atom stereocenters. The maximum Gasteiger partial charge on any atom is 0.123 e. The zero-order chi connectivity index (χ0) is 12.7. The van der Waals surface area contributed by atoms with Crippen molar-refractivity contribution in [1.82, 2.24) is 5.32 Å². The van der Waals surface area contributed by atoms with Crippen LogP contribution in [0.25, 0.3) is 0 Å². The molecule has 0 aliphatic heterocycles. The molecule has 0 aliphatic carbocycles. The fourth-order valence-electron chi connectivity index (χ4n) is 1.57. The number of methoxy groups -OCH3 is 1. The molecule has 0 bridgehead atoms. The number of hydrogen-bond donors (Lipinski definition) is 3. The smallest absolute Gasteiger partial charge is 0.123 e. The van der Waals surface area contributed by atoms with E-state index in [9.17, 15) is 5.11 Å². The molecule has 0 aliphatic rings. The van der Waals surface area contributed by atoms with Gasteiger partial charge in [-0.2, -0.15) is 0 Å². The molecule has 17 heavy (non-hydrogen) atoms. The van der Waals surface area contributed by atoms with Gasteiger partial charge in [-0.1, -0.05) is 6.07 Å². The van der Waals surface area contributed by atoms with Crippen molar-refractivity contribution in [3.63, 3.8) is 0 Å². The predicted molar refractivity (Wildman–Crippen MR) is 67.3 cm³/mol. The number of ether oxygens (including phenoxy) is 1. The number of hydrogen-bond acceptors (Lipinski definition) is 4. The van der Waals surface area contributed by atoms with Crippen molar-refractivity contribution in [2.45, 2.75) is 32.4 Å². The highest BCUT2D eigenvalue weighted by Crippen LogP contribution is 2.22. The molecule has 1 aromatic rings. The van der Waals surface area contributed by atoms with E-state index in [1.54, 1.807) is 20.1 Å². The summed E-state index contributed by atoms with van der Waals surface area (Å²) in [4.78, 5) is 0. The van der Waals surface area contributed by atoms with Crippen LogP contribution in [0.4, 0.5) is 0 Å². The largest absolute Gasteiger partial charge is 0.507 e. The first-order valence-corrected chi connectivity index (χ1v) is 5.88. The number of aliphatic hydroxyl groups is 1. The molecule has 0 amide bonds. The molecule has 0 saturated carbocycles. The van der Waals surface area contributed by atoms with E-state index in [4.69, 9.17) is 9.84 Å².